The Balaban J connectivity index is 2.35. The molecule has 0 spiro atoms. The van der Waals surface area contributed by atoms with E-state index in [0.717, 1.165) is 11.3 Å². The highest BCUT2D eigenvalue weighted by molar-refractivity contribution is 9.08. The van der Waals surface area contributed by atoms with Crippen molar-refractivity contribution in [2.24, 2.45) is 0 Å². The van der Waals surface area contributed by atoms with Crippen LogP contribution >= 0.6 is 27.5 Å². The molecule has 0 aliphatic rings. The Kier molecular flexibility index (Phi) is 4.74. The molecule has 2 aromatic rings. The molecule has 0 radical (unpaired) electrons. The molecular weight excluding hydrogens is 356 g/mol. The average Bonchev–Trinajstić information content (AvgIpc) is 2.82. The summed E-state index contributed by atoms with van der Waals surface area (Å²) >= 11 is 9.24. The number of rotatable bonds is 2. The normalized spacial score (nSPS) is 11.5. The summed E-state index contributed by atoms with van der Waals surface area (Å²) in [5.74, 6) is 0. The Morgan fingerprint density at radius 2 is 1.95 bits per heavy atom. The highest BCUT2D eigenvalue weighted by atomic mass is 79.9. The molecule has 0 fully saturated rings. The van der Waals surface area contributed by atoms with Crippen molar-refractivity contribution in [3.05, 3.63) is 41.0 Å². The van der Waals surface area contributed by atoms with Gasteiger partial charge >= 0.3 is 6.09 Å². The van der Waals surface area contributed by atoms with E-state index in [1.165, 1.54) is 4.68 Å². The van der Waals surface area contributed by atoms with Gasteiger partial charge in [0.05, 0.1) is 11.4 Å². The zero-order valence-corrected chi connectivity index (χ0v) is 14.4. The minimum absolute atomic E-state index is 0.489. The fraction of sp³-hybridized carbons (Fsp3) is 0.333. The summed E-state index contributed by atoms with van der Waals surface area (Å²) in [4.78, 5) is 12.2. The molecule has 0 unspecified atom stereocenters. The van der Waals surface area contributed by atoms with E-state index in [-0.39, 0.29) is 0 Å². The third kappa shape index (κ3) is 4.08. The molecule has 0 atom stereocenters. The quantitative estimate of drug-likeness (QED) is 0.707. The lowest BCUT2D eigenvalue weighted by Crippen LogP contribution is -2.28. The summed E-state index contributed by atoms with van der Waals surface area (Å²) in [6, 6.07) is 9.15. The highest BCUT2D eigenvalue weighted by Crippen LogP contribution is 2.23. The van der Waals surface area contributed by atoms with E-state index in [1.807, 2.05) is 39.0 Å². The van der Waals surface area contributed by atoms with E-state index in [1.54, 1.807) is 12.1 Å². The van der Waals surface area contributed by atoms with Crippen LogP contribution in [-0.2, 0) is 10.1 Å². The highest BCUT2D eigenvalue weighted by Gasteiger charge is 2.21. The van der Waals surface area contributed by atoms with Gasteiger partial charge in [-0.1, -0.05) is 39.7 Å². The Morgan fingerprint density at radius 1 is 1.33 bits per heavy atom. The van der Waals surface area contributed by atoms with Crippen LogP contribution in [-0.4, -0.2) is 21.5 Å². The van der Waals surface area contributed by atoms with Gasteiger partial charge in [-0.25, -0.2) is 4.79 Å². The first-order valence-corrected chi connectivity index (χ1v) is 7.94. The number of carbonyl (C=O) groups is 1. The maximum absolute atomic E-state index is 12.2. The predicted molar refractivity (Wildman–Crippen MR) is 86.9 cm³/mol. The summed E-state index contributed by atoms with van der Waals surface area (Å²) in [6.07, 6.45) is -0.489. The third-order valence-corrected chi connectivity index (χ3v) is 3.45. The van der Waals surface area contributed by atoms with Crippen molar-refractivity contribution in [3.63, 3.8) is 0 Å². The van der Waals surface area contributed by atoms with Crippen molar-refractivity contribution >= 4 is 33.6 Å². The Labute approximate surface area is 137 Å². The molecule has 0 amide bonds. The van der Waals surface area contributed by atoms with Gasteiger partial charge in [-0.15, -0.1) is 0 Å². The second-order valence-electron chi connectivity index (χ2n) is 5.55. The van der Waals surface area contributed by atoms with Crippen molar-refractivity contribution in [3.8, 4) is 11.3 Å². The molecule has 4 nitrogen and oxygen atoms in total. The van der Waals surface area contributed by atoms with Crippen LogP contribution in [0.15, 0.2) is 30.3 Å². The topological polar surface area (TPSA) is 44.1 Å². The van der Waals surface area contributed by atoms with E-state index in [4.69, 9.17) is 16.3 Å². The molecule has 0 bridgehead atoms. The predicted octanol–water partition coefficient (Wildman–Crippen LogP) is 4.88. The molecule has 2 rings (SSSR count). The second kappa shape index (κ2) is 6.20. The van der Waals surface area contributed by atoms with Crippen molar-refractivity contribution in [2.45, 2.75) is 31.7 Å². The SMILES string of the molecule is CC(C)(C)OC(=O)n1nc(-c2ccc(Cl)cc2)cc1CBr. The van der Waals surface area contributed by atoms with Crippen molar-refractivity contribution in [1.82, 2.24) is 9.78 Å². The van der Waals surface area contributed by atoms with Crippen LogP contribution in [0.2, 0.25) is 5.02 Å². The molecule has 1 aromatic carbocycles. The summed E-state index contributed by atoms with van der Waals surface area (Å²) < 4.78 is 6.64. The van der Waals surface area contributed by atoms with Crippen LogP contribution in [0.25, 0.3) is 11.3 Å². The number of nitrogens with zero attached hydrogens (tertiary/aromatic N) is 2. The molecule has 1 aromatic heterocycles. The van der Waals surface area contributed by atoms with E-state index >= 15 is 0 Å². The van der Waals surface area contributed by atoms with E-state index < -0.39 is 11.7 Å². The fourth-order valence-electron chi connectivity index (χ4n) is 1.74. The van der Waals surface area contributed by atoms with Gasteiger partial charge in [0.1, 0.15) is 5.60 Å². The molecule has 0 saturated heterocycles. The van der Waals surface area contributed by atoms with Gasteiger partial charge in [0, 0.05) is 15.9 Å². The molecule has 0 aliphatic carbocycles. The molecule has 112 valence electrons. The molecule has 6 heteroatoms. The zero-order valence-electron chi connectivity index (χ0n) is 12.1. The number of benzene rings is 1. The number of ether oxygens (including phenoxy) is 1. The van der Waals surface area contributed by atoms with Gasteiger partial charge in [0.25, 0.3) is 0 Å². The van der Waals surface area contributed by atoms with Gasteiger partial charge in [-0.05, 0) is 39.0 Å². The molecule has 21 heavy (non-hydrogen) atoms. The van der Waals surface area contributed by atoms with Crippen molar-refractivity contribution < 1.29 is 9.53 Å². The standard InChI is InChI=1S/C15H16BrClN2O2/c1-15(2,3)21-14(20)19-12(9-16)8-13(18-19)10-4-6-11(17)7-5-10/h4-8H,9H2,1-3H3. The zero-order chi connectivity index (χ0) is 15.6. The summed E-state index contributed by atoms with van der Waals surface area (Å²) in [6.45, 7) is 5.47. The lowest BCUT2D eigenvalue weighted by atomic mass is 10.1. The van der Waals surface area contributed by atoms with Crippen LogP contribution in [0.1, 0.15) is 26.5 Å². The minimum Gasteiger partial charge on any atom is -0.442 e. The Hall–Kier alpha value is -1.33. The fourth-order valence-corrected chi connectivity index (χ4v) is 2.27. The maximum Gasteiger partial charge on any atom is 0.435 e. The Bertz CT molecular complexity index is 645. The summed E-state index contributed by atoms with van der Waals surface area (Å²) in [5.41, 5.74) is 1.76. The van der Waals surface area contributed by atoms with Gasteiger partial charge in [-0.3, -0.25) is 0 Å². The Morgan fingerprint density at radius 3 is 2.48 bits per heavy atom. The first-order chi connectivity index (χ1) is 9.80. The second-order valence-corrected chi connectivity index (χ2v) is 6.55. The first kappa shape index (κ1) is 16.0. The van der Waals surface area contributed by atoms with E-state index in [2.05, 4.69) is 21.0 Å². The minimum atomic E-state index is -0.562. The number of hydrogen-bond donors (Lipinski definition) is 0. The van der Waals surface area contributed by atoms with Crippen LogP contribution < -0.4 is 0 Å². The maximum atomic E-state index is 12.2. The van der Waals surface area contributed by atoms with Crippen molar-refractivity contribution in [2.75, 3.05) is 0 Å². The van der Waals surface area contributed by atoms with Crippen LogP contribution in [0.3, 0.4) is 0 Å². The molecular formula is C15H16BrClN2O2. The van der Waals surface area contributed by atoms with Crippen LogP contribution in [0, 0.1) is 0 Å². The third-order valence-electron chi connectivity index (χ3n) is 2.63. The lowest BCUT2D eigenvalue weighted by molar-refractivity contribution is 0.0511. The number of carbonyl (C=O) groups excluding carboxylic acids is 1. The summed E-state index contributed by atoms with van der Waals surface area (Å²) in [7, 11) is 0. The molecule has 1 heterocycles. The van der Waals surface area contributed by atoms with E-state index in [9.17, 15) is 4.79 Å². The summed E-state index contributed by atoms with van der Waals surface area (Å²) in [5, 5.41) is 5.50. The van der Waals surface area contributed by atoms with Crippen LogP contribution in [0.5, 0.6) is 0 Å². The van der Waals surface area contributed by atoms with E-state index in [0.29, 0.717) is 16.0 Å². The number of aromatic nitrogens is 2. The average molecular weight is 372 g/mol. The number of alkyl halides is 1. The largest absolute Gasteiger partial charge is 0.442 e. The monoisotopic (exact) mass is 370 g/mol. The molecule has 0 N–H and O–H groups in total. The first-order valence-electron chi connectivity index (χ1n) is 6.44. The lowest BCUT2D eigenvalue weighted by Gasteiger charge is -2.19. The molecule has 0 aliphatic heterocycles. The van der Waals surface area contributed by atoms with Gasteiger partial charge in [0.15, 0.2) is 0 Å². The molecule has 0 saturated carbocycles. The van der Waals surface area contributed by atoms with Gasteiger partial charge in [0.2, 0.25) is 0 Å². The number of hydrogen-bond acceptors (Lipinski definition) is 3. The van der Waals surface area contributed by atoms with Crippen LogP contribution in [0.4, 0.5) is 4.79 Å². The van der Waals surface area contributed by atoms with Crippen molar-refractivity contribution in [1.29, 1.82) is 0 Å². The van der Waals surface area contributed by atoms with Gasteiger partial charge < -0.3 is 4.74 Å². The van der Waals surface area contributed by atoms with Gasteiger partial charge in [-0.2, -0.15) is 9.78 Å². The smallest absolute Gasteiger partial charge is 0.435 e. The number of halogens is 2.